The van der Waals surface area contributed by atoms with Crippen LogP contribution in [0.3, 0.4) is 0 Å². The van der Waals surface area contributed by atoms with Crippen LogP contribution < -0.4 is 0 Å². The third kappa shape index (κ3) is 13.3. The van der Waals surface area contributed by atoms with Gasteiger partial charge in [0.2, 0.25) is 0 Å². The second-order valence-electron chi connectivity index (χ2n) is 3.72. The van der Waals surface area contributed by atoms with Crippen molar-refractivity contribution >= 4 is 15.5 Å². The fourth-order valence-corrected chi connectivity index (χ4v) is 2.32. The number of hydrogen-bond donors (Lipinski definition) is 0. The van der Waals surface area contributed by atoms with Crippen molar-refractivity contribution in [3.05, 3.63) is 12.7 Å². The first-order chi connectivity index (χ1) is 8.31. The van der Waals surface area contributed by atoms with Gasteiger partial charge in [-0.15, -0.1) is 0 Å². The van der Waals surface area contributed by atoms with E-state index in [2.05, 4.69) is 18.2 Å². The Morgan fingerprint density at radius 2 is 2.06 bits per heavy atom. The van der Waals surface area contributed by atoms with Gasteiger partial charge in [-0.1, -0.05) is 26.0 Å². The van der Waals surface area contributed by atoms with E-state index in [1.807, 2.05) is 0 Å². The van der Waals surface area contributed by atoms with E-state index in [9.17, 15) is 4.79 Å². The topological polar surface area (TPSA) is 44.8 Å². The van der Waals surface area contributed by atoms with Crippen LogP contribution in [0.1, 0.15) is 26.2 Å². The lowest BCUT2D eigenvalue weighted by molar-refractivity contribution is -0.150. The third-order valence-corrected chi connectivity index (χ3v) is 3.75. The van der Waals surface area contributed by atoms with E-state index in [1.54, 1.807) is 0 Å². The number of carbonyl (C=O) groups excluding carboxylic acids is 1. The van der Waals surface area contributed by atoms with Gasteiger partial charge in [0.15, 0.2) is 6.79 Å². The number of carbonyl (C=O) groups is 1. The van der Waals surface area contributed by atoms with Crippen LogP contribution in [0, 0.1) is 0 Å². The lowest BCUT2D eigenvalue weighted by atomic mass is 10.4. The van der Waals surface area contributed by atoms with Crippen LogP contribution >= 0.6 is 0 Å². The predicted molar refractivity (Wildman–Crippen MR) is 70.8 cm³/mol. The van der Waals surface area contributed by atoms with E-state index in [0.29, 0.717) is 6.61 Å². The van der Waals surface area contributed by atoms with Crippen molar-refractivity contribution < 1.29 is 19.0 Å². The first-order valence-electron chi connectivity index (χ1n) is 6.26. The van der Waals surface area contributed by atoms with Crippen LogP contribution in [-0.2, 0) is 19.0 Å². The molecule has 5 heteroatoms. The summed E-state index contributed by atoms with van der Waals surface area (Å²) in [7, 11) is -0.0971. The fraction of sp³-hybridized carbons (Fsp3) is 0.750. The van der Waals surface area contributed by atoms with Gasteiger partial charge in [-0.3, -0.25) is 0 Å². The molecule has 17 heavy (non-hydrogen) atoms. The molecule has 4 nitrogen and oxygen atoms in total. The monoisotopic (exact) mass is 260 g/mol. The Morgan fingerprint density at radius 3 is 2.76 bits per heavy atom. The average Bonchev–Trinajstić information content (AvgIpc) is 2.35. The molecule has 0 aromatic carbocycles. The summed E-state index contributed by atoms with van der Waals surface area (Å²) in [6, 6.07) is 1.21. The Hall–Kier alpha value is -0.653. The van der Waals surface area contributed by atoms with Gasteiger partial charge < -0.3 is 14.2 Å². The lowest BCUT2D eigenvalue weighted by Gasteiger charge is -2.04. The standard InChI is InChI=1S/C12H24O4Si/c1-3-5-7-15-11-17-9-6-8-14-10-16-12(13)4-2/h4H,2-3,5-11,17H2,1H3. The van der Waals surface area contributed by atoms with Crippen molar-refractivity contribution in [3.63, 3.8) is 0 Å². The molecule has 0 saturated carbocycles. The molecule has 0 heterocycles. The maximum absolute atomic E-state index is 10.6. The Bertz CT molecular complexity index is 197. The highest BCUT2D eigenvalue weighted by atomic mass is 28.2. The normalized spacial score (nSPS) is 10.9. The Kier molecular flexibility index (Phi) is 12.9. The first-order valence-corrected chi connectivity index (χ1v) is 8.26. The van der Waals surface area contributed by atoms with Gasteiger partial charge in [0.1, 0.15) is 0 Å². The molecular weight excluding hydrogens is 236 g/mol. The maximum atomic E-state index is 10.6. The number of unbranched alkanes of at least 4 members (excludes halogenated alkanes) is 1. The van der Waals surface area contributed by atoms with Crippen LogP contribution in [0.5, 0.6) is 0 Å². The predicted octanol–water partition coefficient (Wildman–Crippen LogP) is 1.44. The molecule has 0 saturated heterocycles. The SMILES string of the molecule is C=CC(=O)OCOCCC[SiH2]COCCCC. The van der Waals surface area contributed by atoms with E-state index < -0.39 is 5.97 Å². The van der Waals surface area contributed by atoms with Gasteiger partial charge in [0.25, 0.3) is 0 Å². The summed E-state index contributed by atoms with van der Waals surface area (Å²) in [6.45, 7) is 7.03. The molecule has 0 N–H and O–H groups in total. The van der Waals surface area contributed by atoms with Crippen LogP contribution in [0.2, 0.25) is 6.04 Å². The highest BCUT2D eigenvalue weighted by Crippen LogP contribution is 1.93. The van der Waals surface area contributed by atoms with Crippen LogP contribution in [0.15, 0.2) is 12.7 Å². The zero-order chi connectivity index (χ0) is 12.8. The van der Waals surface area contributed by atoms with Gasteiger partial charge in [0.05, 0.1) is 16.1 Å². The van der Waals surface area contributed by atoms with Gasteiger partial charge in [-0.2, -0.15) is 0 Å². The molecular formula is C12H24O4Si. The molecule has 0 aliphatic carbocycles. The molecule has 0 atom stereocenters. The third-order valence-electron chi connectivity index (χ3n) is 2.17. The summed E-state index contributed by atoms with van der Waals surface area (Å²) < 4.78 is 15.3. The molecule has 0 spiro atoms. The van der Waals surface area contributed by atoms with Crippen molar-refractivity contribution in [2.45, 2.75) is 32.2 Å². The second-order valence-corrected chi connectivity index (χ2v) is 5.54. The Morgan fingerprint density at radius 1 is 1.29 bits per heavy atom. The Labute approximate surface area is 106 Å². The largest absolute Gasteiger partial charge is 0.435 e. The average molecular weight is 260 g/mol. The van der Waals surface area contributed by atoms with E-state index in [0.717, 1.165) is 31.8 Å². The zero-order valence-electron chi connectivity index (χ0n) is 10.8. The molecule has 0 aromatic rings. The van der Waals surface area contributed by atoms with E-state index in [4.69, 9.17) is 9.47 Å². The van der Waals surface area contributed by atoms with E-state index in [1.165, 1.54) is 12.5 Å². The smallest absolute Gasteiger partial charge is 0.332 e. The minimum atomic E-state index is -0.441. The first kappa shape index (κ1) is 16.3. The number of rotatable bonds is 12. The van der Waals surface area contributed by atoms with Gasteiger partial charge in [0, 0.05) is 18.9 Å². The highest BCUT2D eigenvalue weighted by Gasteiger charge is 1.95. The van der Waals surface area contributed by atoms with Crippen molar-refractivity contribution in [3.8, 4) is 0 Å². The van der Waals surface area contributed by atoms with Crippen molar-refractivity contribution in [2.24, 2.45) is 0 Å². The van der Waals surface area contributed by atoms with Gasteiger partial charge >= 0.3 is 5.97 Å². The maximum Gasteiger partial charge on any atom is 0.332 e. The summed E-state index contributed by atoms with van der Waals surface area (Å²) in [5.41, 5.74) is 0. The minimum absolute atomic E-state index is 0.0272. The number of esters is 1. The molecule has 0 bridgehead atoms. The van der Waals surface area contributed by atoms with Crippen LogP contribution in [0.25, 0.3) is 0 Å². The number of hydrogen-bond acceptors (Lipinski definition) is 4. The summed E-state index contributed by atoms with van der Waals surface area (Å²) in [6.07, 6.45) is 5.47. The molecule has 0 aromatic heterocycles. The summed E-state index contributed by atoms with van der Waals surface area (Å²) in [4.78, 5) is 10.6. The van der Waals surface area contributed by atoms with E-state index >= 15 is 0 Å². The molecule has 0 fully saturated rings. The molecule has 0 unspecified atom stereocenters. The molecule has 0 amide bonds. The molecule has 0 rings (SSSR count). The van der Waals surface area contributed by atoms with Crippen LogP contribution in [0.4, 0.5) is 0 Å². The lowest BCUT2D eigenvalue weighted by Crippen LogP contribution is -2.08. The zero-order valence-corrected chi connectivity index (χ0v) is 12.2. The fourth-order valence-electron chi connectivity index (χ4n) is 1.15. The summed E-state index contributed by atoms with van der Waals surface area (Å²) >= 11 is 0. The van der Waals surface area contributed by atoms with Gasteiger partial charge in [-0.05, 0) is 12.8 Å². The van der Waals surface area contributed by atoms with Crippen molar-refractivity contribution in [2.75, 3.05) is 26.2 Å². The van der Waals surface area contributed by atoms with Gasteiger partial charge in [-0.25, -0.2) is 4.79 Å². The minimum Gasteiger partial charge on any atom is -0.435 e. The summed E-state index contributed by atoms with van der Waals surface area (Å²) in [5.74, 6) is -0.441. The highest BCUT2D eigenvalue weighted by molar-refractivity contribution is 6.35. The number of ether oxygens (including phenoxy) is 3. The van der Waals surface area contributed by atoms with Crippen molar-refractivity contribution in [1.29, 1.82) is 0 Å². The molecule has 0 radical (unpaired) electrons. The molecule has 100 valence electrons. The molecule has 0 aliphatic heterocycles. The van der Waals surface area contributed by atoms with Crippen molar-refractivity contribution in [1.82, 2.24) is 0 Å². The summed E-state index contributed by atoms with van der Waals surface area (Å²) in [5, 5.41) is 0. The second kappa shape index (κ2) is 13.4. The van der Waals surface area contributed by atoms with Crippen LogP contribution in [-0.4, -0.2) is 41.7 Å². The Balaban J connectivity index is 2.98. The quantitative estimate of drug-likeness (QED) is 0.175. The molecule has 0 aliphatic rings. The van der Waals surface area contributed by atoms with E-state index in [-0.39, 0.29) is 16.3 Å².